The van der Waals surface area contributed by atoms with Gasteiger partial charge in [0.15, 0.2) is 9.84 Å². The molecule has 1 aliphatic heterocycles. The number of halogens is 1. The molecule has 1 saturated heterocycles. The Bertz CT molecular complexity index is 818. The highest BCUT2D eigenvalue weighted by atomic mass is 32.3. The summed E-state index contributed by atoms with van der Waals surface area (Å²) >= 11 is 0. The molecule has 0 aliphatic carbocycles. The predicted molar refractivity (Wildman–Crippen MR) is 76.6 cm³/mol. The summed E-state index contributed by atoms with van der Waals surface area (Å²) in [7, 11) is -8.25. The number of amides is 1. The van der Waals surface area contributed by atoms with Gasteiger partial charge >= 0.3 is 10.2 Å². The Hall–Kier alpha value is -1.68. The molecule has 1 amide bonds. The third-order valence-corrected chi connectivity index (χ3v) is 5.29. The zero-order valence-electron chi connectivity index (χ0n) is 11.6. The van der Waals surface area contributed by atoms with Crippen LogP contribution in [-0.4, -0.2) is 46.4 Å². The van der Waals surface area contributed by atoms with Crippen LogP contribution in [0.4, 0.5) is 9.57 Å². The standard InChI is InChI=1S/C12H14FNO6S2/c1-21(17,18)9-2-3-11(15)10(5-9)14-6-8(4-12(14)16)7-22(13,19)20/h2-3,5,8,15H,4,6-7H2,1H3. The van der Waals surface area contributed by atoms with E-state index < -0.39 is 37.6 Å². The van der Waals surface area contributed by atoms with Crippen LogP contribution in [0.25, 0.3) is 0 Å². The monoisotopic (exact) mass is 351 g/mol. The Balaban J connectivity index is 2.34. The van der Waals surface area contributed by atoms with Crippen LogP contribution in [0.15, 0.2) is 23.1 Å². The summed E-state index contributed by atoms with van der Waals surface area (Å²) in [5, 5.41) is 9.82. The molecule has 0 saturated carbocycles. The van der Waals surface area contributed by atoms with Gasteiger partial charge in [0, 0.05) is 25.1 Å². The van der Waals surface area contributed by atoms with Gasteiger partial charge in [0.2, 0.25) is 5.91 Å². The van der Waals surface area contributed by atoms with Gasteiger partial charge < -0.3 is 10.0 Å². The van der Waals surface area contributed by atoms with Gasteiger partial charge in [-0.15, -0.1) is 3.89 Å². The average Bonchev–Trinajstić information content (AvgIpc) is 2.66. The molecule has 1 heterocycles. The van der Waals surface area contributed by atoms with Gasteiger partial charge in [0.05, 0.1) is 16.3 Å². The molecule has 0 bridgehead atoms. The number of rotatable bonds is 4. The van der Waals surface area contributed by atoms with E-state index in [1.165, 1.54) is 6.07 Å². The van der Waals surface area contributed by atoms with E-state index in [1.54, 1.807) is 0 Å². The Labute approximate surface area is 127 Å². The molecule has 0 radical (unpaired) electrons. The molecule has 1 aliphatic rings. The highest BCUT2D eigenvalue weighted by Gasteiger charge is 2.35. The number of sulfone groups is 1. The summed E-state index contributed by atoms with van der Waals surface area (Å²) in [6.45, 7) is -0.108. The quantitative estimate of drug-likeness (QED) is 0.789. The molecule has 1 aromatic rings. The summed E-state index contributed by atoms with van der Waals surface area (Å²) in [4.78, 5) is 12.9. The third-order valence-electron chi connectivity index (χ3n) is 3.31. The molecular weight excluding hydrogens is 337 g/mol. The fourth-order valence-corrected chi connectivity index (χ4v) is 3.78. The molecule has 0 spiro atoms. The molecule has 1 fully saturated rings. The van der Waals surface area contributed by atoms with E-state index in [-0.39, 0.29) is 29.3 Å². The number of benzene rings is 1. The first-order chi connectivity index (χ1) is 9.97. The van der Waals surface area contributed by atoms with Crippen LogP contribution in [0.3, 0.4) is 0 Å². The number of carbonyl (C=O) groups is 1. The smallest absolute Gasteiger partial charge is 0.302 e. The maximum atomic E-state index is 12.7. The lowest BCUT2D eigenvalue weighted by atomic mass is 10.1. The lowest BCUT2D eigenvalue weighted by molar-refractivity contribution is -0.117. The Morgan fingerprint density at radius 2 is 1.95 bits per heavy atom. The second kappa shape index (κ2) is 5.51. The zero-order chi connectivity index (χ0) is 16.7. The second-order valence-electron chi connectivity index (χ2n) is 5.20. The van der Waals surface area contributed by atoms with Crippen LogP contribution in [0.1, 0.15) is 6.42 Å². The molecule has 7 nitrogen and oxygen atoms in total. The first kappa shape index (κ1) is 16.7. The molecule has 1 N–H and O–H groups in total. The van der Waals surface area contributed by atoms with Crippen LogP contribution >= 0.6 is 0 Å². The number of anilines is 1. The van der Waals surface area contributed by atoms with Gasteiger partial charge in [-0.3, -0.25) is 4.79 Å². The van der Waals surface area contributed by atoms with Crippen LogP contribution < -0.4 is 4.90 Å². The molecular formula is C12H14FNO6S2. The normalized spacial score (nSPS) is 19.6. The maximum Gasteiger partial charge on any atom is 0.302 e. The van der Waals surface area contributed by atoms with Crippen molar-refractivity contribution in [2.75, 3.05) is 23.5 Å². The van der Waals surface area contributed by atoms with Gasteiger partial charge in [-0.1, -0.05) is 0 Å². The van der Waals surface area contributed by atoms with Crippen LogP contribution in [0, 0.1) is 5.92 Å². The van der Waals surface area contributed by atoms with Crippen LogP contribution in [-0.2, 0) is 24.9 Å². The molecule has 10 heteroatoms. The van der Waals surface area contributed by atoms with Crippen molar-refractivity contribution >= 4 is 31.7 Å². The van der Waals surface area contributed by atoms with E-state index in [4.69, 9.17) is 0 Å². The minimum absolute atomic E-state index is 0.0355. The summed E-state index contributed by atoms with van der Waals surface area (Å²) in [5.41, 5.74) is -0.0355. The largest absolute Gasteiger partial charge is 0.506 e. The highest BCUT2D eigenvalue weighted by Crippen LogP contribution is 2.34. The van der Waals surface area contributed by atoms with Gasteiger partial charge in [-0.25, -0.2) is 8.42 Å². The Morgan fingerprint density at radius 3 is 2.50 bits per heavy atom. The fraction of sp³-hybridized carbons (Fsp3) is 0.417. The van der Waals surface area contributed by atoms with E-state index in [1.807, 2.05) is 0 Å². The fourth-order valence-electron chi connectivity index (χ4n) is 2.36. The van der Waals surface area contributed by atoms with Crippen LogP contribution in [0.5, 0.6) is 5.75 Å². The lowest BCUT2D eigenvalue weighted by Gasteiger charge is -2.18. The SMILES string of the molecule is CS(=O)(=O)c1ccc(O)c(N2CC(CS(=O)(=O)F)CC2=O)c1. The number of carbonyl (C=O) groups excluding carboxylic acids is 1. The summed E-state index contributed by atoms with van der Waals surface area (Å²) in [5.74, 6) is -2.36. The Morgan fingerprint density at radius 1 is 1.32 bits per heavy atom. The van der Waals surface area contributed by atoms with Crippen molar-refractivity contribution < 1.29 is 30.6 Å². The van der Waals surface area contributed by atoms with Crippen molar-refractivity contribution in [3.63, 3.8) is 0 Å². The number of aromatic hydroxyl groups is 1. The third kappa shape index (κ3) is 3.74. The lowest BCUT2D eigenvalue weighted by Crippen LogP contribution is -2.25. The molecule has 22 heavy (non-hydrogen) atoms. The van der Waals surface area contributed by atoms with E-state index in [0.29, 0.717) is 0 Å². The number of hydrogen-bond acceptors (Lipinski definition) is 6. The number of phenols is 1. The first-order valence-corrected chi connectivity index (χ1v) is 9.67. The number of phenolic OH excluding ortho intramolecular Hbond substituents is 1. The minimum atomic E-state index is -4.72. The average molecular weight is 351 g/mol. The number of hydrogen-bond donors (Lipinski definition) is 1. The van der Waals surface area contributed by atoms with Crippen molar-refractivity contribution in [3.05, 3.63) is 18.2 Å². The van der Waals surface area contributed by atoms with Crippen molar-refractivity contribution in [3.8, 4) is 5.75 Å². The maximum absolute atomic E-state index is 12.7. The molecule has 0 aromatic heterocycles. The molecule has 2 rings (SSSR count). The van der Waals surface area contributed by atoms with Gasteiger partial charge in [-0.2, -0.15) is 8.42 Å². The van der Waals surface area contributed by atoms with Crippen LogP contribution in [0.2, 0.25) is 0 Å². The molecule has 122 valence electrons. The molecule has 1 atom stereocenters. The Kier molecular flexibility index (Phi) is 4.18. The van der Waals surface area contributed by atoms with E-state index >= 15 is 0 Å². The van der Waals surface area contributed by atoms with Crippen molar-refractivity contribution in [1.82, 2.24) is 0 Å². The first-order valence-electron chi connectivity index (χ1n) is 6.23. The van der Waals surface area contributed by atoms with Gasteiger partial charge in [0.25, 0.3) is 0 Å². The number of nitrogens with zero attached hydrogens (tertiary/aromatic N) is 1. The van der Waals surface area contributed by atoms with E-state index in [0.717, 1.165) is 23.3 Å². The predicted octanol–water partition coefficient (Wildman–Crippen LogP) is 0.448. The van der Waals surface area contributed by atoms with E-state index in [9.17, 15) is 30.6 Å². The topological polar surface area (TPSA) is 109 Å². The van der Waals surface area contributed by atoms with Crippen molar-refractivity contribution in [2.45, 2.75) is 11.3 Å². The minimum Gasteiger partial charge on any atom is -0.506 e. The summed E-state index contributed by atoms with van der Waals surface area (Å²) in [6.07, 6.45) is 0.791. The summed E-state index contributed by atoms with van der Waals surface area (Å²) in [6, 6.07) is 3.46. The van der Waals surface area contributed by atoms with Gasteiger partial charge in [-0.05, 0) is 18.2 Å². The second-order valence-corrected chi connectivity index (χ2v) is 8.63. The molecule has 1 unspecified atom stereocenters. The zero-order valence-corrected chi connectivity index (χ0v) is 13.2. The van der Waals surface area contributed by atoms with Crippen molar-refractivity contribution in [2.24, 2.45) is 5.92 Å². The van der Waals surface area contributed by atoms with E-state index in [2.05, 4.69) is 0 Å². The van der Waals surface area contributed by atoms with Gasteiger partial charge in [0.1, 0.15) is 5.75 Å². The highest BCUT2D eigenvalue weighted by molar-refractivity contribution is 7.90. The van der Waals surface area contributed by atoms with Crippen molar-refractivity contribution in [1.29, 1.82) is 0 Å². The molecule has 1 aromatic carbocycles. The summed E-state index contributed by atoms with van der Waals surface area (Å²) < 4.78 is 57.1.